The van der Waals surface area contributed by atoms with Crippen LogP contribution in [0, 0.1) is 0 Å². The molecule has 1 N–H and O–H groups in total. The molecule has 37 heavy (non-hydrogen) atoms. The number of hydrogen-bond acceptors (Lipinski definition) is 5. The molecule has 0 amide bonds. The average Bonchev–Trinajstić information content (AvgIpc) is 3.36. The maximum absolute atomic E-state index is 6.48. The Morgan fingerprint density at radius 1 is 1.05 bits per heavy atom. The zero-order valence-corrected chi connectivity index (χ0v) is 22.5. The van der Waals surface area contributed by atoms with Crippen molar-refractivity contribution in [2.45, 2.75) is 99.8 Å². The Labute approximate surface area is 222 Å². The van der Waals surface area contributed by atoms with E-state index in [2.05, 4.69) is 53.5 Å². The molecular formula is C32H43N3O2. The van der Waals surface area contributed by atoms with Crippen molar-refractivity contribution in [1.82, 2.24) is 15.2 Å². The van der Waals surface area contributed by atoms with Gasteiger partial charge in [-0.05, 0) is 93.7 Å². The summed E-state index contributed by atoms with van der Waals surface area (Å²) in [6.07, 6.45) is 14.0. The van der Waals surface area contributed by atoms with Crippen LogP contribution in [0.15, 0.2) is 42.6 Å². The second-order valence-corrected chi connectivity index (χ2v) is 12.9. The largest absolute Gasteiger partial charge is 0.377 e. The van der Waals surface area contributed by atoms with Gasteiger partial charge in [-0.3, -0.25) is 9.88 Å². The van der Waals surface area contributed by atoms with Crippen LogP contribution in [0.4, 0.5) is 0 Å². The molecule has 2 aliphatic carbocycles. The molecule has 5 heteroatoms. The van der Waals surface area contributed by atoms with Gasteiger partial charge >= 0.3 is 0 Å². The van der Waals surface area contributed by atoms with Crippen LogP contribution in [-0.4, -0.2) is 53.9 Å². The van der Waals surface area contributed by atoms with Crippen molar-refractivity contribution in [3.05, 3.63) is 65.0 Å². The van der Waals surface area contributed by atoms with E-state index >= 15 is 0 Å². The highest BCUT2D eigenvalue weighted by molar-refractivity contribution is 5.43. The SMILES string of the molecule is CC1(N2CCc3cccc4c3C2CCC4NCC[C@@]2(c3ccccn3)CCOC3(CCCC3)C2)COC1. The normalized spacial score (nSPS) is 32.1. The first-order chi connectivity index (χ1) is 18.1. The summed E-state index contributed by atoms with van der Waals surface area (Å²) in [5, 5.41) is 4.06. The van der Waals surface area contributed by atoms with Gasteiger partial charge in [-0.1, -0.05) is 37.1 Å². The number of ether oxygens (including phenoxy) is 2. The van der Waals surface area contributed by atoms with Crippen molar-refractivity contribution >= 4 is 0 Å². The molecule has 1 spiro atoms. The smallest absolute Gasteiger partial charge is 0.0691 e. The second kappa shape index (κ2) is 9.44. The molecular weight excluding hydrogens is 458 g/mol. The van der Waals surface area contributed by atoms with Crippen molar-refractivity contribution in [1.29, 1.82) is 0 Å². The molecule has 2 saturated heterocycles. The molecule has 2 unspecified atom stereocenters. The van der Waals surface area contributed by atoms with E-state index in [1.54, 1.807) is 16.7 Å². The fourth-order valence-electron chi connectivity index (χ4n) is 8.60. The lowest BCUT2D eigenvalue weighted by atomic mass is 9.68. The molecule has 198 valence electrons. The van der Waals surface area contributed by atoms with E-state index < -0.39 is 0 Å². The molecule has 0 radical (unpaired) electrons. The van der Waals surface area contributed by atoms with E-state index in [-0.39, 0.29) is 16.6 Å². The molecule has 1 aromatic carbocycles. The van der Waals surface area contributed by atoms with E-state index in [1.165, 1.54) is 44.2 Å². The quantitative estimate of drug-likeness (QED) is 0.555. The maximum Gasteiger partial charge on any atom is 0.0691 e. The van der Waals surface area contributed by atoms with Crippen LogP contribution in [0.3, 0.4) is 0 Å². The number of rotatable bonds is 6. The van der Waals surface area contributed by atoms with Gasteiger partial charge in [-0.15, -0.1) is 0 Å². The van der Waals surface area contributed by atoms with Crippen LogP contribution in [-0.2, 0) is 21.3 Å². The van der Waals surface area contributed by atoms with E-state index in [1.807, 2.05) is 6.20 Å². The van der Waals surface area contributed by atoms with Crippen LogP contribution in [0.2, 0.25) is 0 Å². The van der Waals surface area contributed by atoms with Gasteiger partial charge < -0.3 is 14.8 Å². The molecule has 2 aromatic rings. The number of hydrogen-bond donors (Lipinski definition) is 1. The molecule has 1 saturated carbocycles. The Hall–Kier alpha value is -1.79. The van der Waals surface area contributed by atoms with Gasteiger partial charge in [0.05, 0.1) is 24.4 Å². The number of nitrogens with zero attached hydrogens (tertiary/aromatic N) is 2. The summed E-state index contributed by atoms with van der Waals surface area (Å²) in [7, 11) is 0. The number of pyridine rings is 1. The van der Waals surface area contributed by atoms with Crippen molar-refractivity contribution in [2.24, 2.45) is 0 Å². The Kier molecular flexibility index (Phi) is 6.19. The van der Waals surface area contributed by atoms with Gasteiger partial charge in [0.2, 0.25) is 0 Å². The first-order valence-corrected chi connectivity index (χ1v) is 14.9. The predicted molar refractivity (Wildman–Crippen MR) is 146 cm³/mol. The Balaban J connectivity index is 1.11. The predicted octanol–water partition coefficient (Wildman–Crippen LogP) is 5.65. The molecule has 7 rings (SSSR count). The summed E-state index contributed by atoms with van der Waals surface area (Å²) in [6.45, 7) is 7.21. The molecule has 3 fully saturated rings. The third-order valence-corrected chi connectivity index (χ3v) is 10.6. The fourth-order valence-corrected chi connectivity index (χ4v) is 8.60. The van der Waals surface area contributed by atoms with Crippen molar-refractivity contribution in [2.75, 3.05) is 32.9 Å². The highest BCUT2D eigenvalue weighted by Crippen LogP contribution is 2.50. The monoisotopic (exact) mass is 501 g/mol. The fraction of sp³-hybridized carbons (Fsp3) is 0.656. The molecule has 4 heterocycles. The zero-order chi connectivity index (χ0) is 24.9. The van der Waals surface area contributed by atoms with Crippen LogP contribution in [0.5, 0.6) is 0 Å². The molecule has 5 nitrogen and oxygen atoms in total. The van der Waals surface area contributed by atoms with Crippen molar-refractivity contribution in [3.63, 3.8) is 0 Å². The van der Waals surface area contributed by atoms with Gasteiger partial charge in [-0.2, -0.15) is 0 Å². The minimum absolute atomic E-state index is 0.0805. The standard InChI is InChI=1S/C32H43N3O2/c1-30(22-36-23-30)35-19-12-24-7-6-8-25-26(10-11-27(35)29(24)25)33-18-15-31(28-9-2-5-17-34-28)16-20-37-32(21-31)13-3-4-14-32/h2,5-9,17,26-27,33H,3-4,10-16,18-23H2,1H3/t26?,27?,31-/m1/s1. The summed E-state index contributed by atoms with van der Waals surface area (Å²) in [5.74, 6) is 0. The van der Waals surface area contributed by atoms with Crippen LogP contribution < -0.4 is 5.32 Å². The first kappa shape index (κ1) is 24.3. The summed E-state index contributed by atoms with van der Waals surface area (Å²) < 4.78 is 12.1. The lowest BCUT2D eigenvalue weighted by Crippen LogP contribution is -2.62. The average molecular weight is 502 g/mol. The Bertz CT molecular complexity index is 1110. The maximum atomic E-state index is 6.48. The summed E-state index contributed by atoms with van der Waals surface area (Å²) in [4.78, 5) is 7.69. The lowest BCUT2D eigenvalue weighted by molar-refractivity contribution is -0.149. The molecule has 1 aromatic heterocycles. The van der Waals surface area contributed by atoms with Gasteiger partial charge in [0.25, 0.3) is 0 Å². The van der Waals surface area contributed by atoms with Gasteiger partial charge in [-0.25, -0.2) is 0 Å². The third-order valence-electron chi connectivity index (χ3n) is 10.6. The van der Waals surface area contributed by atoms with Gasteiger partial charge in [0, 0.05) is 42.5 Å². The van der Waals surface area contributed by atoms with E-state index in [0.29, 0.717) is 12.1 Å². The Morgan fingerprint density at radius 3 is 2.73 bits per heavy atom. The topological polar surface area (TPSA) is 46.6 Å². The lowest BCUT2D eigenvalue weighted by Gasteiger charge is -2.54. The van der Waals surface area contributed by atoms with Gasteiger partial charge in [0.15, 0.2) is 0 Å². The van der Waals surface area contributed by atoms with E-state index in [4.69, 9.17) is 14.5 Å². The number of benzene rings is 1. The molecule has 3 aliphatic heterocycles. The highest BCUT2D eigenvalue weighted by atomic mass is 16.5. The van der Waals surface area contributed by atoms with Crippen LogP contribution >= 0.6 is 0 Å². The first-order valence-electron chi connectivity index (χ1n) is 14.9. The van der Waals surface area contributed by atoms with Crippen LogP contribution in [0.25, 0.3) is 0 Å². The minimum atomic E-state index is 0.0805. The van der Waals surface area contributed by atoms with E-state index in [9.17, 15) is 0 Å². The number of nitrogens with one attached hydrogen (secondary N) is 1. The minimum Gasteiger partial charge on any atom is -0.377 e. The second-order valence-electron chi connectivity index (χ2n) is 12.9. The molecule has 0 bridgehead atoms. The van der Waals surface area contributed by atoms with Gasteiger partial charge in [0.1, 0.15) is 0 Å². The molecule has 5 aliphatic rings. The number of aromatic nitrogens is 1. The third kappa shape index (κ3) is 4.17. The summed E-state index contributed by atoms with van der Waals surface area (Å²) in [5.41, 5.74) is 6.43. The van der Waals surface area contributed by atoms with Crippen LogP contribution in [0.1, 0.15) is 99.2 Å². The van der Waals surface area contributed by atoms with Crippen molar-refractivity contribution < 1.29 is 9.47 Å². The van der Waals surface area contributed by atoms with E-state index in [0.717, 1.165) is 58.6 Å². The highest BCUT2D eigenvalue weighted by Gasteiger charge is 2.49. The molecule has 3 atom stereocenters. The summed E-state index contributed by atoms with van der Waals surface area (Å²) >= 11 is 0. The summed E-state index contributed by atoms with van der Waals surface area (Å²) in [6, 6.07) is 14.6. The zero-order valence-electron chi connectivity index (χ0n) is 22.5. The van der Waals surface area contributed by atoms with Crippen molar-refractivity contribution in [3.8, 4) is 0 Å². The Morgan fingerprint density at radius 2 is 1.95 bits per heavy atom.